The third kappa shape index (κ3) is 4.46. The molecule has 0 unspecified atom stereocenters. The molecule has 26 heavy (non-hydrogen) atoms. The molecular weight excluding hydrogens is 399 g/mol. The second-order valence-corrected chi connectivity index (χ2v) is 6.37. The van der Waals surface area contributed by atoms with Crippen molar-refractivity contribution in [3.8, 4) is 0 Å². The largest absolute Gasteiger partial charge is 0.455 e. The Labute approximate surface area is 164 Å². The van der Waals surface area contributed by atoms with Gasteiger partial charge in [0.2, 0.25) is 0 Å². The normalized spacial score (nSPS) is 14.0. The number of halogens is 3. The minimum absolute atomic E-state index is 0.154. The van der Waals surface area contributed by atoms with Gasteiger partial charge < -0.3 is 9.30 Å². The third-order valence-corrected chi connectivity index (χ3v) is 4.56. The fourth-order valence-electron chi connectivity index (χ4n) is 2.17. The number of imidazole rings is 1. The smallest absolute Gasteiger partial charge is 0.306 e. The van der Waals surface area contributed by atoms with Gasteiger partial charge in [0.1, 0.15) is 10.9 Å². The van der Waals surface area contributed by atoms with Gasteiger partial charge in [-0.05, 0) is 24.6 Å². The van der Waals surface area contributed by atoms with Crippen LogP contribution in [-0.2, 0) is 16.1 Å². The van der Waals surface area contributed by atoms with E-state index >= 15 is 0 Å². The Morgan fingerprint density at radius 2 is 2.12 bits per heavy atom. The first-order valence-electron chi connectivity index (χ1n) is 7.55. The summed E-state index contributed by atoms with van der Waals surface area (Å²) in [5, 5.41) is 4.96. The number of rotatable bonds is 5. The quantitative estimate of drug-likeness (QED) is 0.593. The number of benzene rings is 1. The molecule has 0 bridgehead atoms. The van der Waals surface area contributed by atoms with E-state index in [0.717, 1.165) is 0 Å². The molecule has 134 valence electrons. The second-order valence-electron chi connectivity index (χ2n) is 5.25. The van der Waals surface area contributed by atoms with Crippen LogP contribution in [0.5, 0.6) is 0 Å². The molecule has 2 heterocycles. The number of aromatic nitrogens is 2. The summed E-state index contributed by atoms with van der Waals surface area (Å²) in [6, 6.07) is 7.16. The molecule has 0 spiro atoms. The van der Waals surface area contributed by atoms with Crippen molar-refractivity contribution in [2.24, 2.45) is 5.10 Å². The van der Waals surface area contributed by atoms with Crippen molar-refractivity contribution in [2.75, 3.05) is 0 Å². The number of nitrogens with one attached hydrogen (secondary N) is 1. The van der Waals surface area contributed by atoms with E-state index in [1.807, 2.05) is 18.2 Å². The van der Waals surface area contributed by atoms with Crippen LogP contribution >= 0.6 is 34.8 Å². The molecule has 0 atom stereocenters. The van der Waals surface area contributed by atoms with Crippen LogP contribution < -0.4 is 5.43 Å². The van der Waals surface area contributed by atoms with Gasteiger partial charge in [-0.15, -0.1) is 0 Å². The van der Waals surface area contributed by atoms with Crippen LogP contribution in [0, 0.1) is 0 Å². The number of ether oxygens (including phenoxy) is 1. The van der Waals surface area contributed by atoms with Gasteiger partial charge in [-0.3, -0.25) is 4.79 Å². The molecule has 0 saturated carbocycles. The second kappa shape index (κ2) is 8.40. The maximum atomic E-state index is 12.2. The number of carbonyl (C=O) groups excluding carboxylic acids is 1. The highest BCUT2D eigenvalue weighted by Crippen LogP contribution is 2.23. The maximum Gasteiger partial charge on any atom is 0.306 e. The van der Waals surface area contributed by atoms with E-state index in [0.29, 0.717) is 34.5 Å². The van der Waals surface area contributed by atoms with Gasteiger partial charge in [0.05, 0.1) is 19.1 Å². The lowest BCUT2D eigenvalue weighted by Gasteiger charge is -2.16. The average molecular weight is 412 g/mol. The average Bonchev–Trinajstić information content (AvgIpc) is 2.95. The van der Waals surface area contributed by atoms with Crippen LogP contribution in [0.2, 0.25) is 15.3 Å². The molecule has 1 aliphatic heterocycles. The number of hydrazone groups is 1. The maximum absolute atomic E-state index is 12.2. The number of allylic oxidation sites excluding steroid dienone is 3. The summed E-state index contributed by atoms with van der Waals surface area (Å²) in [7, 11) is 0. The molecule has 0 aliphatic carbocycles. The number of hydrogen-bond acceptors (Lipinski definition) is 4. The van der Waals surface area contributed by atoms with Crippen molar-refractivity contribution in [1.29, 1.82) is 0 Å². The van der Waals surface area contributed by atoms with Gasteiger partial charge >= 0.3 is 5.91 Å². The third-order valence-electron chi connectivity index (χ3n) is 3.45. The van der Waals surface area contributed by atoms with E-state index in [-0.39, 0.29) is 10.9 Å². The van der Waals surface area contributed by atoms with E-state index in [2.05, 4.69) is 15.5 Å². The Bertz CT molecular complexity index is 918. The monoisotopic (exact) mass is 410 g/mol. The number of amides is 1. The molecule has 6 nitrogen and oxygen atoms in total. The summed E-state index contributed by atoms with van der Waals surface area (Å²) in [4.78, 5) is 16.1. The molecule has 0 saturated heterocycles. The van der Waals surface area contributed by atoms with Crippen LogP contribution in [0.3, 0.4) is 0 Å². The highest BCUT2D eigenvalue weighted by molar-refractivity contribution is 6.40. The lowest BCUT2D eigenvalue weighted by atomic mass is 10.2. The van der Waals surface area contributed by atoms with Gasteiger partial charge in [0.15, 0.2) is 10.9 Å². The zero-order valence-corrected chi connectivity index (χ0v) is 15.6. The van der Waals surface area contributed by atoms with E-state index in [4.69, 9.17) is 39.5 Å². The Kier molecular flexibility index (Phi) is 5.98. The van der Waals surface area contributed by atoms with Crippen LogP contribution in [0.15, 0.2) is 59.4 Å². The molecule has 3 rings (SSSR count). The van der Waals surface area contributed by atoms with Gasteiger partial charge in [0.25, 0.3) is 0 Å². The van der Waals surface area contributed by atoms with Gasteiger partial charge in [-0.25, -0.2) is 10.4 Å². The summed E-state index contributed by atoms with van der Waals surface area (Å²) in [5.41, 5.74) is 3.11. The standard InChI is InChI=1S/C17H13Cl3N4O2/c18-13-6-2-1-4-11(13)8-22-23-17(25)14-7-3-5-12(26-14)9-24-10-21-15(19)16(24)20/h1-2,4-8,10H,3,9H2,(H,23,25)/b22-8+. The van der Waals surface area contributed by atoms with Crippen molar-refractivity contribution >= 4 is 46.9 Å². The Balaban J connectivity index is 1.58. The van der Waals surface area contributed by atoms with E-state index in [1.165, 1.54) is 12.5 Å². The molecule has 2 aromatic rings. The molecule has 1 aromatic carbocycles. The zero-order chi connectivity index (χ0) is 18.5. The number of carbonyl (C=O) groups is 1. The Hall–Kier alpha value is -2.28. The van der Waals surface area contributed by atoms with Crippen LogP contribution in [-0.4, -0.2) is 21.7 Å². The summed E-state index contributed by atoms with van der Waals surface area (Å²) >= 11 is 17.9. The predicted octanol–water partition coefficient (Wildman–Crippen LogP) is 4.18. The summed E-state index contributed by atoms with van der Waals surface area (Å²) in [6.07, 6.45) is 7.02. The number of hydrogen-bond donors (Lipinski definition) is 1. The molecule has 1 N–H and O–H groups in total. The molecule has 1 amide bonds. The molecule has 1 aliphatic rings. The minimum Gasteiger partial charge on any atom is -0.455 e. The van der Waals surface area contributed by atoms with E-state index < -0.39 is 5.91 Å². The van der Waals surface area contributed by atoms with Crippen molar-refractivity contribution in [2.45, 2.75) is 13.0 Å². The lowest BCUT2D eigenvalue weighted by Crippen LogP contribution is -2.23. The summed E-state index contributed by atoms with van der Waals surface area (Å²) in [5.74, 6) is 0.249. The van der Waals surface area contributed by atoms with Crippen molar-refractivity contribution in [3.63, 3.8) is 0 Å². The topological polar surface area (TPSA) is 68.5 Å². The SMILES string of the molecule is O=C(N/N=C/c1ccccc1Cl)C1=CCC=C(Cn2cnc(Cl)c2Cl)O1. The van der Waals surface area contributed by atoms with E-state index in [9.17, 15) is 4.79 Å². The molecule has 0 fully saturated rings. The predicted molar refractivity (Wildman–Crippen MR) is 101 cm³/mol. The summed E-state index contributed by atoms with van der Waals surface area (Å²) in [6.45, 7) is 0.312. The lowest BCUT2D eigenvalue weighted by molar-refractivity contribution is -0.120. The fraction of sp³-hybridized carbons (Fsp3) is 0.118. The highest BCUT2D eigenvalue weighted by Gasteiger charge is 2.17. The van der Waals surface area contributed by atoms with Crippen LogP contribution in [0.1, 0.15) is 12.0 Å². The fourth-order valence-corrected chi connectivity index (χ4v) is 2.66. The van der Waals surface area contributed by atoms with Crippen molar-refractivity contribution in [1.82, 2.24) is 15.0 Å². The van der Waals surface area contributed by atoms with Gasteiger partial charge in [0, 0.05) is 10.6 Å². The first-order chi connectivity index (χ1) is 12.5. The molecule has 0 radical (unpaired) electrons. The summed E-state index contributed by atoms with van der Waals surface area (Å²) < 4.78 is 7.22. The Morgan fingerprint density at radius 3 is 2.85 bits per heavy atom. The first-order valence-corrected chi connectivity index (χ1v) is 8.69. The minimum atomic E-state index is -0.464. The van der Waals surface area contributed by atoms with Gasteiger partial charge in [-0.1, -0.05) is 53.0 Å². The first kappa shape index (κ1) is 18.5. The molecule has 9 heteroatoms. The zero-order valence-electron chi connectivity index (χ0n) is 13.3. The van der Waals surface area contributed by atoms with Crippen LogP contribution in [0.25, 0.3) is 0 Å². The highest BCUT2D eigenvalue weighted by atomic mass is 35.5. The number of nitrogens with zero attached hydrogens (tertiary/aromatic N) is 3. The van der Waals surface area contributed by atoms with Crippen molar-refractivity contribution in [3.05, 3.63) is 75.2 Å². The van der Waals surface area contributed by atoms with E-state index in [1.54, 1.807) is 22.8 Å². The molecular formula is C17H13Cl3N4O2. The molecule has 1 aromatic heterocycles. The van der Waals surface area contributed by atoms with Crippen LogP contribution in [0.4, 0.5) is 0 Å². The van der Waals surface area contributed by atoms with Gasteiger partial charge in [-0.2, -0.15) is 5.10 Å². The van der Waals surface area contributed by atoms with Crippen molar-refractivity contribution < 1.29 is 9.53 Å². The Morgan fingerprint density at radius 1 is 1.31 bits per heavy atom.